The maximum Gasteiger partial charge on any atom is 0.313 e. The third-order valence-corrected chi connectivity index (χ3v) is 2.95. The first-order chi connectivity index (χ1) is 7.68. The van der Waals surface area contributed by atoms with E-state index in [9.17, 15) is 4.79 Å². The Balaban J connectivity index is 2.09. The standard InChI is InChI=1S/C12H16O3S/c1-10-4-2-5-11(8-10)15-6-3-7-16-9-12(13)14/h2,4-5,8H,3,6-7,9H2,1H3,(H,13,14). The van der Waals surface area contributed by atoms with Crippen molar-refractivity contribution in [2.45, 2.75) is 13.3 Å². The summed E-state index contributed by atoms with van der Waals surface area (Å²) in [5, 5.41) is 8.43. The minimum atomic E-state index is -0.760. The van der Waals surface area contributed by atoms with E-state index in [0.29, 0.717) is 6.61 Å². The lowest BCUT2D eigenvalue weighted by atomic mass is 10.2. The van der Waals surface area contributed by atoms with E-state index < -0.39 is 5.97 Å². The number of benzene rings is 1. The molecule has 0 saturated heterocycles. The van der Waals surface area contributed by atoms with Gasteiger partial charge in [0.1, 0.15) is 5.75 Å². The highest BCUT2D eigenvalue weighted by atomic mass is 32.2. The summed E-state index contributed by atoms with van der Waals surface area (Å²) in [5.74, 6) is 1.11. The number of carboxylic acid groups (broad SMARTS) is 1. The van der Waals surface area contributed by atoms with Gasteiger partial charge in [0.05, 0.1) is 12.4 Å². The van der Waals surface area contributed by atoms with Crippen LogP contribution in [0.4, 0.5) is 0 Å². The Morgan fingerprint density at radius 3 is 3.00 bits per heavy atom. The molecule has 0 atom stereocenters. The number of carbonyl (C=O) groups is 1. The smallest absolute Gasteiger partial charge is 0.313 e. The Labute approximate surface area is 99.8 Å². The quantitative estimate of drug-likeness (QED) is 0.744. The maximum absolute atomic E-state index is 10.2. The van der Waals surface area contributed by atoms with Gasteiger partial charge in [-0.1, -0.05) is 12.1 Å². The largest absolute Gasteiger partial charge is 0.494 e. The van der Waals surface area contributed by atoms with Crippen molar-refractivity contribution in [1.82, 2.24) is 0 Å². The Kier molecular flexibility index (Phi) is 5.78. The average Bonchev–Trinajstić information content (AvgIpc) is 2.23. The lowest BCUT2D eigenvalue weighted by molar-refractivity contribution is -0.133. The van der Waals surface area contributed by atoms with Crippen LogP contribution in [0.3, 0.4) is 0 Å². The zero-order chi connectivity index (χ0) is 11.8. The molecule has 0 spiro atoms. The van der Waals surface area contributed by atoms with Gasteiger partial charge in [-0.2, -0.15) is 11.8 Å². The Hall–Kier alpha value is -1.16. The zero-order valence-corrected chi connectivity index (χ0v) is 10.1. The van der Waals surface area contributed by atoms with Gasteiger partial charge < -0.3 is 9.84 Å². The molecule has 3 nitrogen and oxygen atoms in total. The predicted molar refractivity (Wildman–Crippen MR) is 66.3 cm³/mol. The topological polar surface area (TPSA) is 46.5 Å². The SMILES string of the molecule is Cc1cccc(OCCCSCC(=O)O)c1. The van der Waals surface area contributed by atoms with Crippen LogP contribution in [0.2, 0.25) is 0 Å². The van der Waals surface area contributed by atoms with Crippen LogP contribution < -0.4 is 4.74 Å². The summed E-state index contributed by atoms with van der Waals surface area (Å²) < 4.78 is 5.53. The third-order valence-electron chi connectivity index (χ3n) is 1.92. The maximum atomic E-state index is 10.2. The first-order valence-corrected chi connectivity index (χ1v) is 6.33. The number of aryl methyl sites for hydroxylation is 1. The molecule has 0 bridgehead atoms. The van der Waals surface area contributed by atoms with Gasteiger partial charge in [-0.15, -0.1) is 0 Å². The molecule has 0 aromatic heterocycles. The van der Waals surface area contributed by atoms with Gasteiger partial charge in [-0.3, -0.25) is 4.79 Å². The summed E-state index contributed by atoms with van der Waals surface area (Å²) >= 11 is 1.42. The van der Waals surface area contributed by atoms with E-state index in [1.165, 1.54) is 17.3 Å². The molecule has 16 heavy (non-hydrogen) atoms. The highest BCUT2D eigenvalue weighted by Gasteiger charge is 1.97. The van der Waals surface area contributed by atoms with Crippen LogP contribution in [-0.4, -0.2) is 29.2 Å². The summed E-state index contributed by atoms with van der Waals surface area (Å²) in [6.07, 6.45) is 0.867. The van der Waals surface area contributed by atoms with Crippen LogP contribution >= 0.6 is 11.8 Å². The van der Waals surface area contributed by atoms with E-state index in [1.807, 2.05) is 31.2 Å². The van der Waals surface area contributed by atoms with Crippen LogP contribution in [0, 0.1) is 6.92 Å². The summed E-state index contributed by atoms with van der Waals surface area (Å²) in [5.41, 5.74) is 1.18. The first kappa shape index (κ1) is 12.9. The van der Waals surface area contributed by atoms with Crippen LogP contribution in [0.5, 0.6) is 5.75 Å². The van der Waals surface area contributed by atoms with E-state index in [-0.39, 0.29) is 5.75 Å². The molecule has 88 valence electrons. The van der Waals surface area contributed by atoms with Crippen molar-refractivity contribution in [1.29, 1.82) is 0 Å². The van der Waals surface area contributed by atoms with Gasteiger partial charge in [0.25, 0.3) is 0 Å². The number of hydrogen-bond acceptors (Lipinski definition) is 3. The number of rotatable bonds is 7. The normalized spacial score (nSPS) is 10.1. The number of thioether (sulfide) groups is 1. The van der Waals surface area contributed by atoms with Gasteiger partial charge in [0.2, 0.25) is 0 Å². The van der Waals surface area contributed by atoms with E-state index in [1.54, 1.807) is 0 Å². The fourth-order valence-electron chi connectivity index (χ4n) is 1.22. The van der Waals surface area contributed by atoms with Gasteiger partial charge in [-0.25, -0.2) is 0 Å². The molecule has 0 aliphatic heterocycles. The van der Waals surface area contributed by atoms with Crippen molar-refractivity contribution in [2.24, 2.45) is 0 Å². The summed E-state index contributed by atoms with van der Waals surface area (Å²) in [4.78, 5) is 10.2. The van der Waals surface area contributed by atoms with Crippen molar-refractivity contribution in [3.63, 3.8) is 0 Å². The monoisotopic (exact) mass is 240 g/mol. The zero-order valence-electron chi connectivity index (χ0n) is 9.31. The number of aliphatic carboxylic acids is 1. The second-order valence-corrected chi connectivity index (χ2v) is 4.57. The summed E-state index contributed by atoms with van der Waals surface area (Å²) in [6.45, 7) is 2.66. The van der Waals surface area contributed by atoms with Crippen LogP contribution in [0.1, 0.15) is 12.0 Å². The second-order valence-electron chi connectivity index (χ2n) is 3.46. The first-order valence-electron chi connectivity index (χ1n) is 5.17. The van der Waals surface area contributed by atoms with Gasteiger partial charge in [0.15, 0.2) is 0 Å². The molecule has 0 fully saturated rings. The van der Waals surface area contributed by atoms with Crippen LogP contribution in [0.25, 0.3) is 0 Å². The molecule has 0 radical (unpaired) electrons. The Morgan fingerprint density at radius 2 is 2.31 bits per heavy atom. The summed E-state index contributed by atoms with van der Waals surface area (Å²) in [6, 6.07) is 7.90. The van der Waals surface area contributed by atoms with Gasteiger partial charge in [-0.05, 0) is 36.8 Å². The highest BCUT2D eigenvalue weighted by molar-refractivity contribution is 7.99. The lowest BCUT2D eigenvalue weighted by Gasteiger charge is -2.06. The highest BCUT2D eigenvalue weighted by Crippen LogP contribution is 2.12. The second kappa shape index (κ2) is 7.17. The molecule has 1 aromatic rings. The van der Waals surface area contributed by atoms with Crippen molar-refractivity contribution < 1.29 is 14.6 Å². The Bertz CT molecular complexity index is 339. The van der Waals surface area contributed by atoms with Crippen molar-refractivity contribution >= 4 is 17.7 Å². The molecule has 0 amide bonds. The molecule has 0 aliphatic rings. The summed E-state index contributed by atoms with van der Waals surface area (Å²) in [7, 11) is 0. The molecular formula is C12H16O3S. The van der Waals surface area contributed by atoms with Crippen LogP contribution in [-0.2, 0) is 4.79 Å². The number of carboxylic acids is 1. The molecule has 0 saturated carbocycles. The third kappa shape index (κ3) is 5.66. The van der Waals surface area contributed by atoms with Gasteiger partial charge >= 0.3 is 5.97 Å². The minimum absolute atomic E-state index is 0.171. The molecule has 4 heteroatoms. The van der Waals surface area contributed by atoms with Crippen molar-refractivity contribution in [3.05, 3.63) is 29.8 Å². The van der Waals surface area contributed by atoms with E-state index >= 15 is 0 Å². The van der Waals surface area contributed by atoms with E-state index in [4.69, 9.17) is 9.84 Å². The molecule has 0 unspecified atom stereocenters. The fraction of sp³-hybridized carbons (Fsp3) is 0.417. The minimum Gasteiger partial charge on any atom is -0.494 e. The van der Waals surface area contributed by atoms with Crippen LogP contribution in [0.15, 0.2) is 24.3 Å². The molecule has 0 aliphatic carbocycles. The molecule has 1 N–H and O–H groups in total. The number of ether oxygens (including phenoxy) is 1. The van der Waals surface area contributed by atoms with E-state index in [2.05, 4.69) is 0 Å². The Morgan fingerprint density at radius 1 is 1.50 bits per heavy atom. The van der Waals surface area contributed by atoms with Crippen molar-refractivity contribution in [3.8, 4) is 5.75 Å². The molecule has 1 aromatic carbocycles. The van der Waals surface area contributed by atoms with Gasteiger partial charge in [0, 0.05) is 0 Å². The average molecular weight is 240 g/mol. The molecule has 0 heterocycles. The predicted octanol–water partition coefficient (Wildman–Crippen LogP) is 2.58. The van der Waals surface area contributed by atoms with Crippen molar-refractivity contribution in [2.75, 3.05) is 18.1 Å². The molecular weight excluding hydrogens is 224 g/mol. The fourth-order valence-corrected chi connectivity index (χ4v) is 1.86. The lowest BCUT2D eigenvalue weighted by Crippen LogP contribution is -2.02. The molecule has 1 rings (SSSR count). The van der Waals surface area contributed by atoms with E-state index in [0.717, 1.165) is 17.9 Å². The number of hydrogen-bond donors (Lipinski definition) is 1.